The molecular weight excluding hydrogens is 520 g/mol. The van der Waals surface area contributed by atoms with E-state index in [0.29, 0.717) is 11.3 Å². The van der Waals surface area contributed by atoms with Crippen LogP contribution in [0.4, 0.5) is 0 Å². The lowest BCUT2D eigenvalue weighted by Gasteiger charge is -2.52. The van der Waals surface area contributed by atoms with Gasteiger partial charge in [-0.2, -0.15) is 0 Å². The molecular formula is C29H25N2O9. The summed E-state index contributed by atoms with van der Waals surface area (Å²) < 4.78 is 5.85. The van der Waals surface area contributed by atoms with Crippen LogP contribution in [0.3, 0.4) is 0 Å². The van der Waals surface area contributed by atoms with E-state index in [1.165, 1.54) is 25.4 Å². The molecule has 3 aromatic rings. The highest BCUT2D eigenvalue weighted by atomic mass is 16.4. The molecule has 0 bridgehead atoms. The van der Waals surface area contributed by atoms with Gasteiger partial charge in [0.05, 0.1) is 29.2 Å². The fourth-order valence-electron chi connectivity index (χ4n) is 6.33. The highest BCUT2D eigenvalue weighted by Gasteiger charge is 2.67. The zero-order valence-corrected chi connectivity index (χ0v) is 21.3. The Hall–Kier alpha value is -4.45. The third-order valence-corrected chi connectivity index (χ3v) is 8.15. The van der Waals surface area contributed by atoms with Gasteiger partial charge in [-0.15, -0.1) is 0 Å². The Bertz CT molecular complexity index is 1680. The number of para-hydroxylation sites is 1. The molecule has 11 nitrogen and oxygen atoms in total. The van der Waals surface area contributed by atoms with Gasteiger partial charge in [-0.05, 0) is 37.9 Å². The van der Waals surface area contributed by atoms with Gasteiger partial charge in [0, 0.05) is 23.3 Å². The third kappa shape index (κ3) is 3.19. The van der Waals surface area contributed by atoms with Gasteiger partial charge in [0.2, 0.25) is 5.78 Å². The number of fused-ring (bicyclic) bond motifs is 4. The summed E-state index contributed by atoms with van der Waals surface area (Å²) in [6, 6.07) is 10.6. The number of Topliss-reactive ketones (excluding diaryl/α,β-unsaturated/α-hetero) is 2. The minimum Gasteiger partial charge on any atom is -0.508 e. The monoisotopic (exact) mass is 545 g/mol. The quantitative estimate of drug-likeness (QED) is 0.262. The van der Waals surface area contributed by atoms with Gasteiger partial charge in [-0.3, -0.25) is 19.3 Å². The summed E-state index contributed by atoms with van der Waals surface area (Å²) in [6.45, 7) is 0. The molecule has 3 aliphatic rings. The number of rotatable bonds is 3. The van der Waals surface area contributed by atoms with Crippen LogP contribution in [-0.2, 0) is 14.4 Å². The Kier molecular flexibility index (Phi) is 5.50. The topological polar surface area (TPSA) is 195 Å². The summed E-state index contributed by atoms with van der Waals surface area (Å²) in [5.74, 6) is -8.56. The summed E-state index contributed by atoms with van der Waals surface area (Å²) >= 11 is 0. The number of hydrogen-bond donors (Lipinski definition) is 6. The Morgan fingerprint density at radius 3 is 2.42 bits per heavy atom. The van der Waals surface area contributed by atoms with E-state index in [0.717, 1.165) is 5.39 Å². The first-order chi connectivity index (χ1) is 18.9. The summed E-state index contributed by atoms with van der Waals surface area (Å²) in [4.78, 5) is 40.5. The number of amides is 1. The fourth-order valence-corrected chi connectivity index (χ4v) is 6.33. The molecule has 1 heterocycles. The average molecular weight is 546 g/mol. The number of furan rings is 1. The Balaban J connectivity index is 1.56. The molecule has 0 aliphatic heterocycles. The van der Waals surface area contributed by atoms with E-state index in [9.17, 15) is 39.9 Å². The maximum absolute atomic E-state index is 13.9. The molecule has 1 saturated carbocycles. The van der Waals surface area contributed by atoms with E-state index in [2.05, 4.69) is 0 Å². The lowest BCUT2D eigenvalue weighted by Crippen LogP contribution is -2.70. The van der Waals surface area contributed by atoms with Crippen molar-refractivity contribution in [3.63, 3.8) is 0 Å². The van der Waals surface area contributed by atoms with Crippen molar-refractivity contribution in [2.24, 2.45) is 17.6 Å². The van der Waals surface area contributed by atoms with Crippen LogP contribution < -0.4 is 5.73 Å². The molecule has 2 aromatic carbocycles. The van der Waals surface area contributed by atoms with E-state index in [1.807, 2.05) is 12.1 Å². The summed E-state index contributed by atoms with van der Waals surface area (Å²) in [7, 11) is 2.89. The third-order valence-electron chi connectivity index (χ3n) is 8.15. The second kappa shape index (κ2) is 8.52. The number of phenols is 1. The fraction of sp³-hybridized carbons (Fsp3) is 0.241. The minimum atomic E-state index is -2.97. The number of likely N-dealkylation sites (N-methyl/N-ethyl adjacent to an activating group) is 1. The number of phenolic OH excluding ortho intramolecular Hbond substituents is 1. The van der Waals surface area contributed by atoms with E-state index >= 15 is 0 Å². The van der Waals surface area contributed by atoms with Crippen molar-refractivity contribution >= 4 is 34.2 Å². The smallest absolute Gasteiger partial charge is 0.255 e. The van der Waals surface area contributed by atoms with Crippen LogP contribution in [0.1, 0.15) is 11.1 Å². The van der Waals surface area contributed by atoms with Gasteiger partial charge >= 0.3 is 0 Å². The Morgan fingerprint density at radius 1 is 1.07 bits per heavy atom. The maximum Gasteiger partial charge on any atom is 0.255 e. The van der Waals surface area contributed by atoms with Gasteiger partial charge in [0.15, 0.2) is 11.4 Å². The van der Waals surface area contributed by atoms with Crippen molar-refractivity contribution in [1.29, 1.82) is 0 Å². The summed E-state index contributed by atoms with van der Waals surface area (Å²) in [5.41, 5.74) is 1.79. The molecule has 7 N–H and O–H groups in total. The van der Waals surface area contributed by atoms with E-state index in [1.54, 1.807) is 30.3 Å². The highest BCUT2D eigenvalue weighted by molar-refractivity contribution is 6.24. The first-order valence-corrected chi connectivity index (χ1v) is 12.4. The van der Waals surface area contributed by atoms with Crippen LogP contribution in [0.25, 0.3) is 28.1 Å². The van der Waals surface area contributed by atoms with Crippen molar-refractivity contribution < 1.29 is 44.3 Å². The van der Waals surface area contributed by atoms with Gasteiger partial charge < -0.3 is 35.7 Å². The first-order valence-electron chi connectivity index (χ1n) is 12.4. The van der Waals surface area contributed by atoms with Crippen molar-refractivity contribution in [2.45, 2.75) is 17.7 Å². The van der Waals surface area contributed by atoms with Crippen LogP contribution in [-0.4, -0.2) is 79.7 Å². The molecule has 1 aromatic heterocycles. The Labute approximate surface area is 227 Å². The molecule has 6 rings (SSSR count). The molecule has 0 unspecified atom stereocenters. The second-order valence-corrected chi connectivity index (χ2v) is 10.5. The van der Waals surface area contributed by atoms with Gasteiger partial charge in [0.25, 0.3) is 5.91 Å². The number of aliphatic hydroxyl groups excluding tert-OH is 3. The molecule has 205 valence electrons. The van der Waals surface area contributed by atoms with Crippen molar-refractivity contribution in [2.75, 3.05) is 14.1 Å². The highest BCUT2D eigenvalue weighted by Crippen LogP contribution is 2.54. The molecule has 1 fully saturated rings. The zero-order valence-electron chi connectivity index (χ0n) is 21.3. The number of hydrogen-bond acceptors (Lipinski definition) is 10. The number of aliphatic hydroxyl groups is 4. The normalized spacial score (nSPS) is 28.1. The molecule has 0 saturated heterocycles. The number of carbonyl (C=O) groups excluding carboxylic acids is 3. The predicted molar refractivity (Wildman–Crippen MR) is 141 cm³/mol. The number of ketones is 2. The lowest BCUT2D eigenvalue weighted by atomic mass is 9.56. The number of aromatic hydroxyl groups is 1. The summed E-state index contributed by atoms with van der Waals surface area (Å²) in [5, 5.41) is 57.5. The largest absolute Gasteiger partial charge is 0.508 e. The second-order valence-electron chi connectivity index (χ2n) is 10.5. The number of benzene rings is 2. The maximum atomic E-state index is 13.9. The van der Waals surface area contributed by atoms with E-state index in [4.69, 9.17) is 10.2 Å². The average Bonchev–Trinajstić information content (AvgIpc) is 3.32. The van der Waals surface area contributed by atoms with Gasteiger partial charge in [-0.25, -0.2) is 0 Å². The van der Waals surface area contributed by atoms with Crippen LogP contribution in [0.5, 0.6) is 5.75 Å². The van der Waals surface area contributed by atoms with Crippen LogP contribution >= 0.6 is 0 Å². The van der Waals surface area contributed by atoms with Crippen LogP contribution in [0.2, 0.25) is 0 Å². The number of carbonyl (C=O) groups is 3. The van der Waals surface area contributed by atoms with E-state index in [-0.39, 0.29) is 16.7 Å². The molecule has 1 amide bonds. The van der Waals surface area contributed by atoms with E-state index < -0.39 is 75.5 Å². The SMILES string of the molecule is CN(C)[C@@H]1C(=O)C(C(N)=O)=C(O)[C@@]2(O)C(=O)C3=C(O)c4c(ccc(-c5cc6ccccc6o5)c4O)[CH][C@H]3[C@H](O)[C@@H]12. The van der Waals surface area contributed by atoms with Crippen molar-refractivity contribution in [3.8, 4) is 17.1 Å². The molecule has 0 spiro atoms. The molecule has 11 heteroatoms. The van der Waals surface area contributed by atoms with Gasteiger partial charge in [0.1, 0.15) is 34.2 Å². The molecule has 40 heavy (non-hydrogen) atoms. The molecule has 5 atom stereocenters. The molecule has 3 aliphatic carbocycles. The lowest BCUT2D eigenvalue weighted by molar-refractivity contribution is -0.167. The van der Waals surface area contributed by atoms with Crippen molar-refractivity contribution in [1.82, 2.24) is 4.90 Å². The zero-order chi connectivity index (χ0) is 28.8. The number of nitrogens with zero attached hydrogens (tertiary/aromatic N) is 1. The van der Waals surface area contributed by atoms with Crippen LogP contribution in [0, 0.1) is 18.3 Å². The van der Waals surface area contributed by atoms with Gasteiger partial charge in [-0.1, -0.05) is 24.3 Å². The number of primary amides is 1. The Morgan fingerprint density at radius 2 is 1.77 bits per heavy atom. The molecule has 1 radical (unpaired) electrons. The van der Waals surface area contributed by atoms with Crippen molar-refractivity contribution in [3.05, 3.63) is 76.9 Å². The summed E-state index contributed by atoms with van der Waals surface area (Å²) in [6.07, 6.45) is -0.242. The predicted octanol–water partition coefficient (Wildman–Crippen LogP) is 1.36. The standard InChI is InChI=1S/C29H25N2O9/c1-31(2)21-20-23(33)14-9-12-7-8-13(16-10-11-5-3-4-6-15(11)40-16)22(32)17(12)24(34)18(14)26(36)29(20,39)27(37)19(25(21)35)28(30)38/h3-10,14,20-21,23,32-34,37,39H,1-2H3,(H2,30,38)/t14-,20-,21+,23+,29+/m1/s1. The van der Waals surface area contributed by atoms with Crippen LogP contribution in [0.15, 0.2) is 63.8 Å². The first kappa shape index (κ1) is 25.8. The number of nitrogens with two attached hydrogens (primary N) is 1. The minimum absolute atomic E-state index is 0.151.